The molecule has 120 valence electrons. The maximum atomic E-state index is 13.9. The highest BCUT2D eigenvalue weighted by atomic mass is 35.5. The third-order valence-electron chi connectivity index (χ3n) is 5.33. The molecular weight excluding hydrogens is 301 g/mol. The topological polar surface area (TPSA) is 20.3 Å². The van der Waals surface area contributed by atoms with Crippen LogP contribution in [0, 0.1) is 17.7 Å². The van der Waals surface area contributed by atoms with E-state index in [4.69, 9.17) is 11.6 Å². The molecule has 3 rings (SSSR count). The third kappa shape index (κ3) is 3.01. The lowest BCUT2D eigenvalue weighted by Gasteiger charge is -2.36. The van der Waals surface area contributed by atoms with Crippen LogP contribution in [0.3, 0.4) is 0 Å². The lowest BCUT2D eigenvalue weighted by molar-refractivity contribution is -0.134. The summed E-state index contributed by atoms with van der Waals surface area (Å²) in [4.78, 5) is 14.8. The highest BCUT2D eigenvalue weighted by Gasteiger charge is 2.38. The molecule has 2 aliphatic rings. The fraction of sp³-hybridized carbons (Fsp3) is 0.611. The van der Waals surface area contributed by atoms with E-state index in [9.17, 15) is 9.18 Å². The molecule has 0 bridgehead atoms. The summed E-state index contributed by atoms with van der Waals surface area (Å²) in [6.45, 7) is 3.06. The standard InChI is InChI=1S/C18H23ClFNO/c1-12-5-2-3-8-17(12)21-10-9-13(18(21)22)11-14-15(19)6-4-7-16(14)20/h4,6-7,12-13,17H,2-3,5,8-11H2,1H3/t12-,13?,17-/m0/s1. The predicted octanol–water partition coefficient (Wildman–Crippen LogP) is 4.45. The zero-order valence-electron chi connectivity index (χ0n) is 13.0. The van der Waals surface area contributed by atoms with Crippen LogP contribution in [0.1, 0.15) is 44.6 Å². The molecule has 1 aliphatic heterocycles. The van der Waals surface area contributed by atoms with E-state index in [2.05, 4.69) is 11.8 Å². The Kier molecular flexibility index (Phi) is 4.72. The van der Waals surface area contributed by atoms with Crippen molar-refractivity contribution in [2.75, 3.05) is 6.54 Å². The predicted molar refractivity (Wildman–Crippen MR) is 86.4 cm³/mol. The van der Waals surface area contributed by atoms with Crippen molar-refractivity contribution >= 4 is 17.5 Å². The van der Waals surface area contributed by atoms with Gasteiger partial charge in [0.15, 0.2) is 0 Å². The van der Waals surface area contributed by atoms with E-state index in [0.29, 0.717) is 29.0 Å². The van der Waals surface area contributed by atoms with E-state index in [1.165, 1.54) is 25.3 Å². The van der Waals surface area contributed by atoms with E-state index in [1.807, 2.05) is 0 Å². The average molecular weight is 324 g/mol. The van der Waals surface area contributed by atoms with Gasteiger partial charge in [-0.2, -0.15) is 0 Å². The number of hydrogen-bond donors (Lipinski definition) is 0. The fourth-order valence-corrected chi connectivity index (χ4v) is 4.26. The van der Waals surface area contributed by atoms with Crippen LogP contribution >= 0.6 is 11.6 Å². The first-order valence-electron chi connectivity index (χ1n) is 8.31. The molecular formula is C18H23ClFNO. The van der Waals surface area contributed by atoms with Gasteiger partial charge >= 0.3 is 0 Å². The summed E-state index contributed by atoms with van der Waals surface area (Å²) in [7, 11) is 0. The van der Waals surface area contributed by atoms with Crippen molar-refractivity contribution in [1.82, 2.24) is 4.90 Å². The Hall–Kier alpha value is -1.09. The van der Waals surface area contributed by atoms with Gasteiger partial charge < -0.3 is 4.90 Å². The van der Waals surface area contributed by atoms with Crippen LogP contribution in [0.2, 0.25) is 5.02 Å². The Labute approximate surface area is 136 Å². The molecule has 0 aromatic heterocycles. The van der Waals surface area contributed by atoms with Crippen molar-refractivity contribution in [2.24, 2.45) is 11.8 Å². The van der Waals surface area contributed by atoms with Crippen molar-refractivity contribution in [3.05, 3.63) is 34.6 Å². The minimum Gasteiger partial charge on any atom is -0.339 e. The van der Waals surface area contributed by atoms with Crippen LogP contribution in [-0.2, 0) is 11.2 Å². The Morgan fingerprint density at radius 3 is 2.77 bits per heavy atom. The third-order valence-corrected chi connectivity index (χ3v) is 5.68. The van der Waals surface area contributed by atoms with Gasteiger partial charge in [0.2, 0.25) is 5.91 Å². The molecule has 4 heteroatoms. The van der Waals surface area contributed by atoms with Crippen LogP contribution in [0.5, 0.6) is 0 Å². The molecule has 0 N–H and O–H groups in total. The molecule has 1 aromatic rings. The van der Waals surface area contributed by atoms with Gasteiger partial charge in [0.05, 0.1) is 0 Å². The van der Waals surface area contributed by atoms with Crippen LogP contribution in [0.25, 0.3) is 0 Å². The fourth-order valence-electron chi connectivity index (χ4n) is 4.02. The monoisotopic (exact) mass is 323 g/mol. The summed E-state index contributed by atoms with van der Waals surface area (Å²) >= 11 is 6.10. The first kappa shape index (κ1) is 15.8. The van der Waals surface area contributed by atoms with Crippen LogP contribution in [0.15, 0.2) is 18.2 Å². The summed E-state index contributed by atoms with van der Waals surface area (Å²) in [5.74, 6) is 0.347. The summed E-state index contributed by atoms with van der Waals surface area (Å²) in [5.41, 5.74) is 0.487. The zero-order valence-corrected chi connectivity index (χ0v) is 13.8. The maximum Gasteiger partial charge on any atom is 0.226 e. The molecule has 0 radical (unpaired) electrons. The lowest BCUT2D eigenvalue weighted by Crippen LogP contribution is -2.43. The van der Waals surface area contributed by atoms with Gasteiger partial charge in [-0.25, -0.2) is 4.39 Å². The van der Waals surface area contributed by atoms with E-state index < -0.39 is 0 Å². The molecule has 0 spiro atoms. The molecule has 1 saturated carbocycles. The van der Waals surface area contributed by atoms with Gasteiger partial charge in [0.25, 0.3) is 0 Å². The number of benzene rings is 1. The van der Waals surface area contributed by atoms with Crippen molar-refractivity contribution < 1.29 is 9.18 Å². The van der Waals surface area contributed by atoms with Crippen molar-refractivity contribution in [3.63, 3.8) is 0 Å². The smallest absolute Gasteiger partial charge is 0.226 e. The van der Waals surface area contributed by atoms with E-state index in [0.717, 1.165) is 19.4 Å². The number of carbonyl (C=O) groups is 1. The number of carbonyl (C=O) groups excluding carboxylic acids is 1. The van der Waals surface area contributed by atoms with Gasteiger partial charge in [0, 0.05) is 29.1 Å². The average Bonchev–Trinajstić information content (AvgIpc) is 2.85. The summed E-state index contributed by atoms with van der Waals surface area (Å²) in [6.07, 6.45) is 6.03. The molecule has 1 amide bonds. The summed E-state index contributed by atoms with van der Waals surface area (Å²) in [5, 5.41) is 0.428. The molecule has 1 unspecified atom stereocenters. The van der Waals surface area contributed by atoms with Crippen molar-refractivity contribution in [2.45, 2.75) is 51.5 Å². The Morgan fingerprint density at radius 2 is 2.05 bits per heavy atom. The maximum absolute atomic E-state index is 13.9. The number of nitrogens with zero attached hydrogens (tertiary/aromatic N) is 1. The molecule has 1 saturated heterocycles. The van der Waals surface area contributed by atoms with E-state index in [1.54, 1.807) is 12.1 Å². The molecule has 1 heterocycles. The first-order valence-corrected chi connectivity index (χ1v) is 8.69. The molecule has 22 heavy (non-hydrogen) atoms. The highest BCUT2D eigenvalue weighted by Crippen LogP contribution is 2.34. The molecule has 2 fully saturated rings. The normalized spacial score (nSPS) is 29.1. The summed E-state index contributed by atoms with van der Waals surface area (Å²) < 4.78 is 13.9. The van der Waals surface area contributed by atoms with Crippen LogP contribution in [-0.4, -0.2) is 23.4 Å². The number of rotatable bonds is 3. The van der Waals surface area contributed by atoms with Gasteiger partial charge in [-0.3, -0.25) is 4.79 Å². The molecule has 1 aromatic carbocycles. The minimum absolute atomic E-state index is 0.122. The minimum atomic E-state index is -0.301. The Balaban J connectivity index is 1.71. The van der Waals surface area contributed by atoms with Crippen molar-refractivity contribution in [1.29, 1.82) is 0 Å². The SMILES string of the molecule is C[C@H]1CCCC[C@@H]1N1CCC(Cc2c(F)cccc2Cl)C1=O. The second-order valence-corrected chi connectivity index (χ2v) is 7.16. The number of likely N-dealkylation sites (tertiary alicyclic amines) is 1. The number of amides is 1. The van der Waals surface area contributed by atoms with Gasteiger partial charge in [0.1, 0.15) is 5.82 Å². The Morgan fingerprint density at radius 1 is 1.27 bits per heavy atom. The molecule has 3 atom stereocenters. The summed E-state index contributed by atoms with van der Waals surface area (Å²) in [6, 6.07) is 5.10. The van der Waals surface area contributed by atoms with Gasteiger partial charge in [-0.05, 0) is 43.7 Å². The second-order valence-electron chi connectivity index (χ2n) is 6.75. The van der Waals surface area contributed by atoms with E-state index >= 15 is 0 Å². The van der Waals surface area contributed by atoms with Gasteiger partial charge in [-0.1, -0.05) is 37.4 Å². The number of halogens is 2. The molecule has 2 nitrogen and oxygen atoms in total. The highest BCUT2D eigenvalue weighted by molar-refractivity contribution is 6.31. The van der Waals surface area contributed by atoms with E-state index in [-0.39, 0.29) is 17.6 Å². The second kappa shape index (κ2) is 6.57. The number of hydrogen-bond acceptors (Lipinski definition) is 1. The van der Waals surface area contributed by atoms with Crippen LogP contribution < -0.4 is 0 Å². The van der Waals surface area contributed by atoms with Crippen molar-refractivity contribution in [3.8, 4) is 0 Å². The first-order chi connectivity index (χ1) is 10.6. The zero-order chi connectivity index (χ0) is 15.7. The quantitative estimate of drug-likeness (QED) is 0.804. The Bertz CT molecular complexity index is 542. The van der Waals surface area contributed by atoms with Gasteiger partial charge in [-0.15, -0.1) is 0 Å². The molecule has 1 aliphatic carbocycles. The lowest BCUT2D eigenvalue weighted by atomic mass is 9.85. The van der Waals surface area contributed by atoms with Crippen LogP contribution in [0.4, 0.5) is 4.39 Å². The largest absolute Gasteiger partial charge is 0.339 e.